The first-order chi connectivity index (χ1) is 9.92. The zero-order valence-corrected chi connectivity index (χ0v) is 12.3. The Morgan fingerprint density at radius 2 is 2.05 bits per heavy atom. The van der Waals surface area contributed by atoms with E-state index in [1.165, 1.54) is 19.3 Å². The quantitative estimate of drug-likeness (QED) is 0.917. The van der Waals surface area contributed by atoms with Crippen molar-refractivity contribution in [3.8, 4) is 0 Å². The fourth-order valence-corrected chi connectivity index (χ4v) is 3.03. The molecule has 1 aliphatic rings. The van der Waals surface area contributed by atoms with Crippen molar-refractivity contribution in [1.29, 1.82) is 0 Å². The molecule has 1 fully saturated rings. The minimum atomic E-state index is 0.851. The van der Waals surface area contributed by atoms with E-state index >= 15 is 0 Å². The van der Waals surface area contributed by atoms with Crippen LogP contribution < -0.4 is 10.2 Å². The van der Waals surface area contributed by atoms with Crippen molar-refractivity contribution in [3.05, 3.63) is 29.0 Å². The second-order valence-electron chi connectivity index (χ2n) is 4.91. The lowest BCUT2D eigenvalue weighted by atomic mass is 10.1. The summed E-state index contributed by atoms with van der Waals surface area (Å²) in [5, 5.41) is 6.52. The largest absolute Gasteiger partial charge is 0.369 e. The molecule has 106 valence electrons. The van der Waals surface area contributed by atoms with Crippen LogP contribution in [0.25, 0.3) is 0 Å². The third-order valence-corrected chi connectivity index (χ3v) is 4.30. The molecule has 3 rings (SSSR count). The van der Waals surface area contributed by atoms with Crippen LogP contribution in [0.2, 0.25) is 0 Å². The van der Waals surface area contributed by atoms with Crippen molar-refractivity contribution in [2.24, 2.45) is 0 Å². The molecule has 0 aliphatic carbocycles. The Bertz CT molecular complexity index is 522. The van der Waals surface area contributed by atoms with Gasteiger partial charge in [0.15, 0.2) is 0 Å². The third-order valence-electron chi connectivity index (χ3n) is 3.46. The Labute approximate surface area is 123 Å². The van der Waals surface area contributed by atoms with E-state index < -0.39 is 0 Å². The number of hydrogen-bond donors (Lipinski definition) is 1. The molecule has 20 heavy (non-hydrogen) atoms. The lowest BCUT2D eigenvalue weighted by Gasteiger charge is -2.27. The molecule has 0 amide bonds. The van der Waals surface area contributed by atoms with Gasteiger partial charge in [-0.3, -0.25) is 0 Å². The number of nitrogens with zero attached hydrogens (tertiary/aromatic N) is 4. The Hall–Kier alpha value is -1.69. The summed E-state index contributed by atoms with van der Waals surface area (Å²) in [5.41, 5.74) is 0. The van der Waals surface area contributed by atoms with Gasteiger partial charge in [-0.1, -0.05) is 0 Å². The maximum atomic E-state index is 4.39. The first kappa shape index (κ1) is 13.3. The molecule has 0 aromatic carbocycles. The fraction of sp³-hybridized carbons (Fsp3) is 0.500. The first-order valence-electron chi connectivity index (χ1n) is 7.11. The Balaban J connectivity index is 1.56. The van der Waals surface area contributed by atoms with Crippen molar-refractivity contribution >= 4 is 23.0 Å². The van der Waals surface area contributed by atoms with Gasteiger partial charge in [0.2, 0.25) is 0 Å². The van der Waals surface area contributed by atoms with Crippen LogP contribution in [0.1, 0.15) is 24.3 Å². The number of anilines is 2. The van der Waals surface area contributed by atoms with E-state index in [1.807, 2.05) is 17.6 Å². The zero-order chi connectivity index (χ0) is 13.6. The van der Waals surface area contributed by atoms with E-state index in [0.29, 0.717) is 0 Å². The minimum Gasteiger partial charge on any atom is -0.369 e. The van der Waals surface area contributed by atoms with Crippen LogP contribution >= 0.6 is 11.3 Å². The maximum Gasteiger partial charge on any atom is 0.134 e. The molecule has 0 bridgehead atoms. The van der Waals surface area contributed by atoms with Gasteiger partial charge < -0.3 is 10.2 Å². The molecule has 1 saturated heterocycles. The zero-order valence-electron chi connectivity index (χ0n) is 11.5. The van der Waals surface area contributed by atoms with E-state index in [2.05, 4.69) is 25.2 Å². The highest BCUT2D eigenvalue weighted by Crippen LogP contribution is 2.19. The number of aromatic nitrogens is 3. The predicted molar refractivity (Wildman–Crippen MR) is 82.4 cm³/mol. The molecule has 1 N–H and O–H groups in total. The van der Waals surface area contributed by atoms with Crippen LogP contribution in [0.5, 0.6) is 0 Å². The Kier molecular flexibility index (Phi) is 4.42. The summed E-state index contributed by atoms with van der Waals surface area (Å²) in [6.07, 6.45) is 8.28. The Morgan fingerprint density at radius 1 is 1.15 bits per heavy atom. The van der Waals surface area contributed by atoms with Gasteiger partial charge in [-0.15, -0.1) is 11.3 Å². The summed E-state index contributed by atoms with van der Waals surface area (Å²) < 4.78 is 0. The summed E-state index contributed by atoms with van der Waals surface area (Å²) in [7, 11) is 0. The minimum absolute atomic E-state index is 0.851. The second kappa shape index (κ2) is 6.65. The van der Waals surface area contributed by atoms with Crippen molar-refractivity contribution in [2.75, 3.05) is 29.9 Å². The molecule has 3 heterocycles. The van der Waals surface area contributed by atoms with Gasteiger partial charge in [-0.25, -0.2) is 15.0 Å². The summed E-state index contributed by atoms with van der Waals surface area (Å²) in [6.45, 7) is 3.06. The highest BCUT2D eigenvalue weighted by molar-refractivity contribution is 7.09. The molecule has 6 heteroatoms. The highest BCUT2D eigenvalue weighted by Gasteiger charge is 2.12. The topological polar surface area (TPSA) is 53.9 Å². The molecule has 2 aromatic rings. The number of piperidine rings is 1. The molecule has 0 radical (unpaired) electrons. The van der Waals surface area contributed by atoms with E-state index in [1.54, 1.807) is 17.7 Å². The molecule has 1 aliphatic heterocycles. The van der Waals surface area contributed by atoms with Crippen LogP contribution in [0.4, 0.5) is 11.6 Å². The number of hydrogen-bond acceptors (Lipinski definition) is 6. The van der Waals surface area contributed by atoms with Crippen molar-refractivity contribution in [3.63, 3.8) is 0 Å². The first-order valence-corrected chi connectivity index (χ1v) is 7.99. The molecular formula is C14H19N5S. The van der Waals surface area contributed by atoms with E-state index in [0.717, 1.165) is 42.7 Å². The van der Waals surface area contributed by atoms with Crippen molar-refractivity contribution in [2.45, 2.75) is 25.7 Å². The van der Waals surface area contributed by atoms with Gasteiger partial charge in [-0.05, 0) is 19.3 Å². The standard InChI is InChI=1S/C14H19N5S/c1-2-7-19(8-3-1)13-10-12(17-11-18-13)15-5-4-14-16-6-9-20-14/h6,9-11H,1-5,7-8H2,(H,15,17,18). The molecule has 0 spiro atoms. The molecule has 0 atom stereocenters. The smallest absolute Gasteiger partial charge is 0.134 e. The summed E-state index contributed by atoms with van der Waals surface area (Å²) in [5.74, 6) is 1.94. The fourth-order valence-electron chi connectivity index (χ4n) is 2.41. The van der Waals surface area contributed by atoms with E-state index in [4.69, 9.17) is 0 Å². The number of nitrogens with one attached hydrogen (secondary N) is 1. The molecule has 0 saturated carbocycles. The van der Waals surface area contributed by atoms with Crippen LogP contribution in [-0.2, 0) is 6.42 Å². The van der Waals surface area contributed by atoms with E-state index in [9.17, 15) is 0 Å². The highest BCUT2D eigenvalue weighted by atomic mass is 32.1. The van der Waals surface area contributed by atoms with Gasteiger partial charge in [0, 0.05) is 43.7 Å². The average Bonchev–Trinajstić information content (AvgIpc) is 3.02. The molecule has 0 unspecified atom stereocenters. The van der Waals surface area contributed by atoms with Crippen molar-refractivity contribution in [1.82, 2.24) is 15.0 Å². The SMILES string of the molecule is c1nc(NCCc2nccs2)cc(N2CCCCC2)n1. The maximum absolute atomic E-state index is 4.39. The lowest BCUT2D eigenvalue weighted by molar-refractivity contribution is 0.573. The Morgan fingerprint density at radius 3 is 2.85 bits per heavy atom. The number of thiazole rings is 1. The van der Waals surface area contributed by atoms with E-state index in [-0.39, 0.29) is 0 Å². The molecule has 2 aromatic heterocycles. The number of rotatable bonds is 5. The normalized spacial score (nSPS) is 15.3. The van der Waals surface area contributed by atoms with Crippen LogP contribution in [0, 0.1) is 0 Å². The molecular weight excluding hydrogens is 270 g/mol. The average molecular weight is 289 g/mol. The van der Waals surface area contributed by atoms with Gasteiger partial charge >= 0.3 is 0 Å². The van der Waals surface area contributed by atoms with Gasteiger partial charge in [0.1, 0.15) is 18.0 Å². The lowest BCUT2D eigenvalue weighted by Crippen LogP contribution is -2.30. The van der Waals surface area contributed by atoms with Gasteiger partial charge in [0.25, 0.3) is 0 Å². The summed E-state index contributed by atoms with van der Waals surface area (Å²) >= 11 is 1.69. The monoisotopic (exact) mass is 289 g/mol. The van der Waals surface area contributed by atoms with Crippen LogP contribution in [-0.4, -0.2) is 34.6 Å². The van der Waals surface area contributed by atoms with Crippen molar-refractivity contribution < 1.29 is 0 Å². The van der Waals surface area contributed by atoms with Gasteiger partial charge in [0.05, 0.1) is 5.01 Å². The summed E-state index contributed by atoms with van der Waals surface area (Å²) in [4.78, 5) is 15.3. The second-order valence-corrected chi connectivity index (χ2v) is 5.89. The predicted octanol–water partition coefficient (Wildman–Crippen LogP) is 2.58. The van der Waals surface area contributed by atoms with Crippen LogP contribution in [0.3, 0.4) is 0 Å². The third kappa shape index (κ3) is 3.45. The van der Waals surface area contributed by atoms with Crippen LogP contribution in [0.15, 0.2) is 24.0 Å². The summed E-state index contributed by atoms with van der Waals surface area (Å²) in [6, 6.07) is 2.05. The van der Waals surface area contributed by atoms with Gasteiger partial charge in [-0.2, -0.15) is 0 Å². The molecule has 5 nitrogen and oxygen atoms in total.